The highest BCUT2D eigenvalue weighted by Gasteiger charge is 2.08. The van der Waals surface area contributed by atoms with Gasteiger partial charge in [-0.2, -0.15) is 5.10 Å². The Balaban J connectivity index is 2.92. The van der Waals surface area contributed by atoms with Crippen LogP contribution in [-0.2, 0) is 0 Å². The summed E-state index contributed by atoms with van der Waals surface area (Å²) >= 11 is 5.84. The minimum Gasteiger partial charge on any atom is -0.280 e. The number of aromatic amines is 1. The van der Waals surface area contributed by atoms with Crippen molar-refractivity contribution in [3.05, 3.63) is 16.7 Å². The van der Waals surface area contributed by atoms with Crippen LogP contribution in [0.15, 0.2) is 0 Å². The lowest BCUT2D eigenvalue weighted by Gasteiger charge is -1.93. The first kappa shape index (κ1) is 7.49. The third-order valence-corrected chi connectivity index (χ3v) is 1.91. The standard InChI is InChI=1S/C7H7ClN4/c1-3-5-6(12-11-3)7(8)10-4(2)9-5/h1-2H3,(H,11,12). The fourth-order valence-corrected chi connectivity index (χ4v) is 1.34. The van der Waals surface area contributed by atoms with Crippen molar-refractivity contribution in [1.29, 1.82) is 0 Å². The molecular formula is C7H7ClN4. The number of H-pyrrole nitrogens is 1. The van der Waals surface area contributed by atoms with E-state index in [1.807, 2.05) is 6.92 Å². The number of nitrogens with zero attached hydrogens (tertiary/aromatic N) is 3. The van der Waals surface area contributed by atoms with E-state index in [-0.39, 0.29) is 0 Å². The molecule has 2 aromatic heterocycles. The van der Waals surface area contributed by atoms with E-state index in [1.165, 1.54) is 0 Å². The maximum Gasteiger partial charge on any atom is 0.160 e. The summed E-state index contributed by atoms with van der Waals surface area (Å²) in [6, 6.07) is 0. The molecule has 0 fully saturated rings. The van der Waals surface area contributed by atoms with Crippen molar-refractivity contribution in [3.8, 4) is 0 Å². The first-order valence-corrected chi connectivity index (χ1v) is 3.91. The van der Waals surface area contributed by atoms with Gasteiger partial charge in [-0.1, -0.05) is 11.6 Å². The SMILES string of the molecule is Cc1nc(Cl)c2n[nH]c(C)c2n1. The molecule has 2 rings (SSSR count). The number of fused-ring (bicyclic) bond motifs is 1. The van der Waals surface area contributed by atoms with Gasteiger partial charge in [-0.15, -0.1) is 0 Å². The van der Waals surface area contributed by atoms with Crippen LogP contribution in [0.5, 0.6) is 0 Å². The van der Waals surface area contributed by atoms with E-state index in [2.05, 4.69) is 20.2 Å². The van der Waals surface area contributed by atoms with Crippen molar-refractivity contribution in [1.82, 2.24) is 20.2 Å². The van der Waals surface area contributed by atoms with E-state index in [1.54, 1.807) is 6.92 Å². The van der Waals surface area contributed by atoms with Crippen molar-refractivity contribution in [2.75, 3.05) is 0 Å². The highest BCUT2D eigenvalue weighted by atomic mass is 35.5. The lowest BCUT2D eigenvalue weighted by Crippen LogP contribution is -1.88. The first-order chi connectivity index (χ1) is 5.68. The summed E-state index contributed by atoms with van der Waals surface area (Å²) < 4.78 is 0. The minimum atomic E-state index is 0.404. The Morgan fingerprint density at radius 3 is 2.67 bits per heavy atom. The number of halogens is 1. The lowest BCUT2D eigenvalue weighted by atomic mass is 10.4. The molecular weight excluding hydrogens is 176 g/mol. The Hall–Kier alpha value is -1.16. The maximum atomic E-state index is 5.84. The normalized spacial score (nSPS) is 10.9. The summed E-state index contributed by atoms with van der Waals surface area (Å²) in [4.78, 5) is 8.19. The Morgan fingerprint density at radius 1 is 1.17 bits per heavy atom. The molecule has 2 aromatic rings. The molecule has 0 unspecified atom stereocenters. The van der Waals surface area contributed by atoms with E-state index < -0.39 is 0 Å². The molecule has 4 nitrogen and oxygen atoms in total. The maximum absolute atomic E-state index is 5.84. The second-order valence-electron chi connectivity index (χ2n) is 2.61. The summed E-state index contributed by atoms with van der Waals surface area (Å²) in [6.45, 7) is 3.70. The van der Waals surface area contributed by atoms with Gasteiger partial charge in [-0.3, -0.25) is 5.10 Å². The Morgan fingerprint density at radius 2 is 1.92 bits per heavy atom. The fraction of sp³-hybridized carbons (Fsp3) is 0.286. The van der Waals surface area contributed by atoms with Crippen LogP contribution in [0.2, 0.25) is 5.15 Å². The Kier molecular flexibility index (Phi) is 1.51. The molecule has 0 atom stereocenters. The van der Waals surface area contributed by atoms with Crippen molar-refractivity contribution in [2.24, 2.45) is 0 Å². The molecule has 0 aliphatic heterocycles. The zero-order valence-corrected chi connectivity index (χ0v) is 7.48. The van der Waals surface area contributed by atoms with Crippen LogP contribution in [0, 0.1) is 13.8 Å². The molecule has 0 saturated carbocycles. The first-order valence-electron chi connectivity index (χ1n) is 3.53. The molecule has 5 heteroatoms. The van der Waals surface area contributed by atoms with Crippen LogP contribution in [0.25, 0.3) is 11.0 Å². The smallest absolute Gasteiger partial charge is 0.160 e. The van der Waals surface area contributed by atoms with Crippen LogP contribution >= 0.6 is 11.6 Å². The van der Waals surface area contributed by atoms with Crippen molar-refractivity contribution in [3.63, 3.8) is 0 Å². The summed E-state index contributed by atoms with van der Waals surface area (Å²) in [7, 11) is 0. The molecule has 2 heterocycles. The number of hydrogen-bond acceptors (Lipinski definition) is 3. The second-order valence-corrected chi connectivity index (χ2v) is 2.97. The van der Waals surface area contributed by atoms with Crippen molar-refractivity contribution < 1.29 is 0 Å². The third kappa shape index (κ3) is 0.956. The van der Waals surface area contributed by atoms with Gasteiger partial charge < -0.3 is 0 Å². The molecule has 12 heavy (non-hydrogen) atoms. The lowest BCUT2D eigenvalue weighted by molar-refractivity contribution is 1.07. The molecule has 0 aromatic carbocycles. The van der Waals surface area contributed by atoms with E-state index in [9.17, 15) is 0 Å². The largest absolute Gasteiger partial charge is 0.280 e. The fourth-order valence-electron chi connectivity index (χ4n) is 1.09. The predicted molar refractivity (Wildman–Crippen MR) is 46.2 cm³/mol. The van der Waals surface area contributed by atoms with Crippen LogP contribution < -0.4 is 0 Å². The molecule has 0 spiro atoms. The molecule has 0 bridgehead atoms. The molecule has 0 saturated heterocycles. The predicted octanol–water partition coefficient (Wildman–Crippen LogP) is 1.62. The van der Waals surface area contributed by atoms with Gasteiger partial charge in [-0.25, -0.2) is 9.97 Å². The zero-order valence-electron chi connectivity index (χ0n) is 6.72. The monoisotopic (exact) mass is 182 g/mol. The molecule has 0 amide bonds. The van der Waals surface area contributed by atoms with E-state index in [0.717, 1.165) is 11.2 Å². The van der Waals surface area contributed by atoms with Gasteiger partial charge in [0.15, 0.2) is 5.15 Å². The minimum absolute atomic E-state index is 0.404. The van der Waals surface area contributed by atoms with Crippen LogP contribution in [0.3, 0.4) is 0 Å². The average Bonchev–Trinajstić information content (AvgIpc) is 2.33. The van der Waals surface area contributed by atoms with Gasteiger partial charge in [0.1, 0.15) is 16.9 Å². The summed E-state index contributed by atoms with van der Waals surface area (Å²) in [5.74, 6) is 0.664. The number of nitrogens with one attached hydrogen (secondary N) is 1. The molecule has 62 valence electrons. The Bertz CT molecular complexity index is 434. The number of hydrogen-bond donors (Lipinski definition) is 1. The molecule has 0 aliphatic rings. The Labute approximate surface area is 74.0 Å². The van der Waals surface area contributed by atoms with E-state index in [4.69, 9.17) is 11.6 Å². The van der Waals surface area contributed by atoms with Gasteiger partial charge >= 0.3 is 0 Å². The number of aromatic nitrogens is 4. The summed E-state index contributed by atoms with van der Waals surface area (Å²) in [5, 5.41) is 7.19. The highest BCUT2D eigenvalue weighted by Crippen LogP contribution is 2.19. The second kappa shape index (κ2) is 2.42. The highest BCUT2D eigenvalue weighted by molar-refractivity contribution is 6.33. The van der Waals surface area contributed by atoms with E-state index in [0.29, 0.717) is 16.5 Å². The van der Waals surface area contributed by atoms with E-state index >= 15 is 0 Å². The topological polar surface area (TPSA) is 54.5 Å². The van der Waals surface area contributed by atoms with Gasteiger partial charge in [-0.05, 0) is 13.8 Å². The molecule has 0 aliphatic carbocycles. The number of aryl methyl sites for hydroxylation is 2. The van der Waals surface area contributed by atoms with Crippen LogP contribution in [0.1, 0.15) is 11.5 Å². The molecule has 1 N–H and O–H groups in total. The van der Waals surface area contributed by atoms with Crippen LogP contribution in [0.4, 0.5) is 0 Å². The summed E-state index contributed by atoms with van der Waals surface area (Å²) in [6.07, 6.45) is 0. The molecule has 0 radical (unpaired) electrons. The van der Waals surface area contributed by atoms with Gasteiger partial charge in [0.25, 0.3) is 0 Å². The van der Waals surface area contributed by atoms with Crippen molar-refractivity contribution >= 4 is 22.6 Å². The van der Waals surface area contributed by atoms with Crippen molar-refractivity contribution in [2.45, 2.75) is 13.8 Å². The van der Waals surface area contributed by atoms with Gasteiger partial charge in [0, 0.05) is 0 Å². The summed E-state index contributed by atoms with van der Waals surface area (Å²) in [5.41, 5.74) is 2.35. The number of rotatable bonds is 0. The quantitative estimate of drug-likeness (QED) is 0.630. The van der Waals surface area contributed by atoms with Gasteiger partial charge in [0.2, 0.25) is 0 Å². The van der Waals surface area contributed by atoms with Crippen LogP contribution in [-0.4, -0.2) is 20.2 Å². The average molecular weight is 183 g/mol. The van der Waals surface area contributed by atoms with Gasteiger partial charge in [0.05, 0.1) is 5.69 Å². The third-order valence-electron chi connectivity index (χ3n) is 1.64. The zero-order chi connectivity index (χ0) is 8.72.